The van der Waals surface area contributed by atoms with Crippen molar-refractivity contribution < 1.29 is 9.13 Å². The van der Waals surface area contributed by atoms with Crippen molar-refractivity contribution in [3.05, 3.63) is 64.4 Å². The number of nitrogens with two attached hydrogens (primary N) is 1. The second-order valence-corrected chi connectivity index (χ2v) is 6.73. The van der Waals surface area contributed by atoms with Crippen LogP contribution in [0.3, 0.4) is 0 Å². The highest BCUT2D eigenvalue weighted by atomic mass is 35.5. The van der Waals surface area contributed by atoms with Crippen molar-refractivity contribution >= 4 is 17.6 Å². The molecule has 0 bridgehead atoms. The van der Waals surface area contributed by atoms with Crippen LogP contribution in [-0.2, 0) is 6.42 Å². The fourth-order valence-corrected chi connectivity index (χ4v) is 3.45. The summed E-state index contributed by atoms with van der Waals surface area (Å²) in [4.78, 5) is 6.52. The molecule has 0 saturated carbocycles. The van der Waals surface area contributed by atoms with Gasteiger partial charge in [0, 0.05) is 24.5 Å². The van der Waals surface area contributed by atoms with Gasteiger partial charge < -0.3 is 15.4 Å². The molecule has 2 N–H and O–H groups in total. The van der Waals surface area contributed by atoms with E-state index in [0.29, 0.717) is 17.4 Å². The molecule has 2 aromatic rings. The van der Waals surface area contributed by atoms with E-state index < -0.39 is 0 Å². The number of guanidine groups is 1. The molecule has 3 rings (SSSR count). The highest BCUT2D eigenvalue weighted by Gasteiger charge is 2.30. The lowest BCUT2D eigenvalue weighted by Crippen LogP contribution is -2.31. The minimum atomic E-state index is -0.331. The lowest BCUT2D eigenvalue weighted by Gasteiger charge is -2.23. The molecule has 0 fully saturated rings. The Morgan fingerprint density at radius 1 is 1.32 bits per heavy atom. The van der Waals surface area contributed by atoms with Gasteiger partial charge in [0.05, 0.1) is 13.2 Å². The van der Waals surface area contributed by atoms with E-state index >= 15 is 0 Å². The monoisotopic (exact) mass is 361 g/mol. The van der Waals surface area contributed by atoms with Gasteiger partial charge in [-0.25, -0.2) is 9.38 Å². The van der Waals surface area contributed by atoms with E-state index in [1.54, 1.807) is 13.2 Å². The zero-order valence-electron chi connectivity index (χ0n) is 14.2. The smallest absolute Gasteiger partial charge is 0.191 e. The Morgan fingerprint density at radius 3 is 2.60 bits per heavy atom. The van der Waals surface area contributed by atoms with E-state index in [-0.39, 0.29) is 17.8 Å². The number of ether oxygens (including phenoxy) is 1. The van der Waals surface area contributed by atoms with Crippen LogP contribution in [0, 0.1) is 5.82 Å². The lowest BCUT2D eigenvalue weighted by molar-refractivity contribution is 0.413. The minimum absolute atomic E-state index is 0.000405. The van der Waals surface area contributed by atoms with Crippen LogP contribution in [0.25, 0.3) is 0 Å². The number of halogens is 2. The van der Waals surface area contributed by atoms with Gasteiger partial charge >= 0.3 is 0 Å². The number of nitrogens with zero attached hydrogens (tertiary/aromatic N) is 2. The van der Waals surface area contributed by atoms with Crippen molar-refractivity contribution in [2.45, 2.75) is 18.4 Å². The Labute approximate surface area is 152 Å². The molecule has 4 nitrogen and oxygen atoms in total. The second-order valence-electron chi connectivity index (χ2n) is 6.30. The topological polar surface area (TPSA) is 50.9 Å². The van der Waals surface area contributed by atoms with Gasteiger partial charge in [0.15, 0.2) is 5.96 Å². The highest BCUT2D eigenvalue weighted by molar-refractivity contribution is 6.30. The average molecular weight is 362 g/mol. The molecule has 0 saturated heterocycles. The highest BCUT2D eigenvalue weighted by Crippen LogP contribution is 2.31. The summed E-state index contributed by atoms with van der Waals surface area (Å²) in [6, 6.07) is 12.5. The largest absolute Gasteiger partial charge is 0.497 e. The number of rotatable bonds is 5. The zero-order valence-corrected chi connectivity index (χ0v) is 15.0. The summed E-state index contributed by atoms with van der Waals surface area (Å²) in [5.41, 5.74) is 7.90. The van der Waals surface area contributed by atoms with E-state index in [1.807, 2.05) is 36.2 Å². The standard InChI is InChI=1S/C19H21ClFN3O/c1-24-11-18(23-19(24)22)17(13-3-5-16(25-2)6-4-13)9-12-7-14(20)10-15(21)8-12/h3-8,10,17-18H,9,11H2,1-2H3,(H2,22,23). The molecule has 0 radical (unpaired) electrons. The van der Waals surface area contributed by atoms with E-state index in [9.17, 15) is 4.39 Å². The van der Waals surface area contributed by atoms with Crippen molar-refractivity contribution in [1.82, 2.24) is 4.90 Å². The molecule has 0 aliphatic carbocycles. The first kappa shape index (κ1) is 17.5. The molecule has 1 aliphatic heterocycles. The Bertz CT molecular complexity index is 758. The first-order valence-electron chi connectivity index (χ1n) is 8.09. The van der Waals surface area contributed by atoms with Crippen molar-refractivity contribution in [1.29, 1.82) is 0 Å². The quantitative estimate of drug-likeness (QED) is 0.887. The van der Waals surface area contributed by atoms with Gasteiger partial charge in [0.1, 0.15) is 11.6 Å². The second kappa shape index (κ2) is 7.31. The minimum Gasteiger partial charge on any atom is -0.497 e. The fourth-order valence-electron chi connectivity index (χ4n) is 3.21. The third kappa shape index (κ3) is 4.04. The van der Waals surface area contributed by atoms with Gasteiger partial charge in [-0.05, 0) is 47.9 Å². The predicted molar refractivity (Wildman–Crippen MR) is 98.9 cm³/mol. The summed E-state index contributed by atoms with van der Waals surface area (Å²) in [6.07, 6.45) is 0.624. The van der Waals surface area contributed by atoms with Gasteiger partial charge in [-0.15, -0.1) is 0 Å². The van der Waals surface area contributed by atoms with E-state index in [1.165, 1.54) is 12.1 Å². The number of likely N-dealkylation sites (N-methyl/N-ethyl adjacent to an activating group) is 1. The van der Waals surface area contributed by atoms with Gasteiger partial charge in [0.25, 0.3) is 0 Å². The van der Waals surface area contributed by atoms with Crippen molar-refractivity contribution in [3.8, 4) is 5.75 Å². The van der Waals surface area contributed by atoms with Crippen LogP contribution in [0.2, 0.25) is 5.02 Å². The number of aliphatic imine (C=N–C) groups is 1. The summed E-state index contributed by atoms with van der Waals surface area (Å²) in [6.45, 7) is 0.728. The molecule has 1 heterocycles. The predicted octanol–water partition coefficient (Wildman–Crippen LogP) is 3.44. The summed E-state index contributed by atoms with van der Waals surface area (Å²) >= 11 is 6.01. The molecule has 1 aliphatic rings. The number of hydrogen-bond acceptors (Lipinski definition) is 4. The Kier molecular flexibility index (Phi) is 5.13. The van der Waals surface area contributed by atoms with Crippen LogP contribution in [0.1, 0.15) is 17.0 Å². The first-order valence-corrected chi connectivity index (χ1v) is 8.47. The normalized spacial score (nSPS) is 18.2. The van der Waals surface area contributed by atoms with Crippen LogP contribution >= 0.6 is 11.6 Å². The Hall–Kier alpha value is -2.27. The van der Waals surface area contributed by atoms with E-state index in [0.717, 1.165) is 23.4 Å². The third-order valence-corrected chi connectivity index (χ3v) is 4.75. The molecule has 0 spiro atoms. The maximum Gasteiger partial charge on any atom is 0.191 e. The molecule has 25 heavy (non-hydrogen) atoms. The number of hydrogen-bond donors (Lipinski definition) is 1. The van der Waals surface area contributed by atoms with Crippen LogP contribution in [0.15, 0.2) is 47.5 Å². The molecule has 132 valence electrons. The summed E-state index contributed by atoms with van der Waals surface area (Å²) < 4.78 is 19.0. The summed E-state index contributed by atoms with van der Waals surface area (Å²) in [5, 5.41) is 0.398. The third-order valence-electron chi connectivity index (χ3n) is 4.54. The lowest BCUT2D eigenvalue weighted by atomic mass is 9.86. The van der Waals surface area contributed by atoms with Crippen molar-refractivity contribution in [2.24, 2.45) is 10.7 Å². The molecular weight excluding hydrogens is 341 g/mol. The van der Waals surface area contributed by atoms with Crippen molar-refractivity contribution in [2.75, 3.05) is 20.7 Å². The number of methoxy groups -OCH3 is 1. The SMILES string of the molecule is COc1ccc(C(Cc2cc(F)cc(Cl)c2)C2CN(C)C(N)=N2)cc1. The zero-order chi connectivity index (χ0) is 18.0. The van der Waals surface area contributed by atoms with Gasteiger partial charge in [-0.1, -0.05) is 23.7 Å². The summed E-state index contributed by atoms with van der Waals surface area (Å²) in [5.74, 6) is 1.05. The molecule has 0 aromatic heterocycles. The molecule has 0 amide bonds. The molecule has 2 aromatic carbocycles. The molecular formula is C19H21ClFN3O. The first-order chi connectivity index (χ1) is 12.0. The number of benzene rings is 2. The maximum absolute atomic E-state index is 13.7. The van der Waals surface area contributed by atoms with Gasteiger partial charge in [-0.3, -0.25) is 0 Å². The van der Waals surface area contributed by atoms with Crippen LogP contribution in [0.4, 0.5) is 4.39 Å². The Balaban J connectivity index is 1.93. The van der Waals surface area contributed by atoms with Gasteiger partial charge in [0.2, 0.25) is 0 Å². The fraction of sp³-hybridized carbons (Fsp3) is 0.316. The Morgan fingerprint density at radius 2 is 2.04 bits per heavy atom. The van der Waals surface area contributed by atoms with E-state index in [4.69, 9.17) is 22.1 Å². The molecule has 2 unspecified atom stereocenters. The summed E-state index contributed by atoms with van der Waals surface area (Å²) in [7, 11) is 3.56. The van der Waals surface area contributed by atoms with Crippen LogP contribution in [-0.4, -0.2) is 37.6 Å². The van der Waals surface area contributed by atoms with E-state index in [2.05, 4.69) is 4.99 Å². The van der Waals surface area contributed by atoms with Crippen LogP contribution < -0.4 is 10.5 Å². The van der Waals surface area contributed by atoms with Crippen molar-refractivity contribution in [3.63, 3.8) is 0 Å². The average Bonchev–Trinajstić information content (AvgIpc) is 2.91. The van der Waals surface area contributed by atoms with Gasteiger partial charge in [-0.2, -0.15) is 0 Å². The molecule has 6 heteroatoms. The maximum atomic E-state index is 13.7. The molecule has 2 atom stereocenters. The van der Waals surface area contributed by atoms with Crippen LogP contribution in [0.5, 0.6) is 5.75 Å².